The number of aryl methyl sites for hydroxylation is 1. The Kier molecular flexibility index (Phi) is 2.24. The van der Waals surface area contributed by atoms with Gasteiger partial charge in [0.2, 0.25) is 5.88 Å². The second kappa shape index (κ2) is 2.98. The van der Waals surface area contributed by atoms with Crippen molar-refractivity contribution in [2.75, 3.05) is 7.11 Å². The minimum absolute atomic E-state index is 0.00861. The van der Waals surface area contributed by atoms with E-state index in [1.807, 2.05) is 6.92 Å². The number of ether oxygens (including phenoxy) is 1. The summed E-state index contributed by atoms with van der Waals surface area (Å²) >= 11 is 1.45. The molecule has 0 aliphatic carbocycles. The van der Waals surface area contributed by atoms with E-state index >= 15 is 0 Å². The first kappa shape index (κ1) is 7.50. The van der Waals surface area contributed by atoms with Gasteiger partial charge < -0.3 is 9.84 Å². The Labute approximate surface area is 63.3 Å². The molecule has 1 aromatic heterocycles. The smallest absolute Gasteiger partial charge is 0.230 e. The summed E-state index contributed by atoms with van der Waals surface area (Å²) in [4.78, 5) is 4.83. The number of aromatic nitrogens is 1. The molecule has 0 atom stereocenters. The van der Waals surface area contributed by atoms with Crippen molar-refractivity contribution in [3.8, 4) is 5.88 Å². The summed E-state index contributed by atoms with van der Waals surface area (Å²) in [6, 6.07) is 0. The molecule has 56 valence electrons. The molecule has 0 aliphatic rings. The average molecular weight is 159 g/mol. The van der Waals surface area contributed by atoms with Crippen LogP contribution < -0.4 is 4.74 Å². The molecule has 10 heavy (non-hydrogen) atoms. The van der Waals surface area contributed by atoms with E-state index in [4.69, 9.17) is 9.84 Å². The van der Waals surface area contributed by atoms with Crippen molar-refractivity contribution in [3.63, 3.8) is 0 Å². The van der Waals surface area contributed by atoms with Gasteiger partial charge >= 0.3 is 0 Å². The lowest BCUT2D eigenvalue weighted by atomic mass is 10.5. The maximum atomic E-state index is 8.75. The van der Waals surface area contributed by atoms with Crippen LogP contribution in [0.4, 0.5) is 0 Å². The molecular weight excluding hydrogens is 150 g/mol. The average Bonchev–Trinajstić information content (AvgIpc) is 2.30. The van der Waals surface area contributed by atoms with Gasteiger partial charge in [-0.25, -0.2) is 4.98 Å². The Morgan fingerprint density at radius 1 is 1.70 bits per heavy atom. The molecule has 0 unspecified atom stereocenters. The largest absolute Gasteiger partial charge is 0.480 e. The van der Waals surface area contributed by atoms with E-state index in [-0.39, 0.29) is 6.61 Å². The highest BCUT2D eigenvalue weighted by Crippen LogP contribution is 2.23. The van der Waals surface area contributed by atoms with Crippen LogP contribution >= 0.6 is 11.3 Å². The minimum Gasteiger partial charge on any atom is -0.480 e. The highest BCUT2D eigenvalue weighted by Gasteiger charge is 2.06. The summed E-state index contributed by atoms with van der Waals surface area (Å²) in [5.74, 6) is 0.546. The van der Waals surface area contributed by atoms with Crippen molar-refractivity contribution < 1.29 is 9.84 Å². The number of rotatable bonds is 2. The first-order valence-corrected chi connectivity index (χ1v) is 3.70. The Bertz CT molecular complexity index is 200. The third kappa shape index (κ3) is 1.27. The molecule has 0 spiro atoms. The number of methoxy groups -OCH3 is 1. The van der Waals surface area contributed by atoms with Crippen molar-refractivity contribution in [1.29, 1.82) is 0 Å². The van der Waals surface area contributed by atoms with Gasteiger partial charge in [-0.15, -0.1) is 11.3 Å². The Morgan fingerprint density at radius 3 is 2.80 bits per heavy atom. The molecule has 0 saturated carbocycles. The highest BCUT2D eigenvalue weighted by atomic mass is 32.1. The Hall–Kier alpha value is -0.610. The predicted octanol–water partition coefficient (Wildman–Crippen LogP) is 0.952. The molecule has 4 heteroatoms. The van der Waals surface area contributed by atoms with Gasteiger partial charge in [0.05, 0.1) is 23.6 Å². The van der Waals surface area contributed by atoms with Gasteiger partial charge in [0.25, 0.3) is 0 Å². The summed E-state index contributed by atoms with van der Waals surface area (Å²) in [6.07, 6.45) is 0. The maximum Gasteiger partial charge on any atom is 0.230 e. The van der Waals surface area contributed by atoms with Crippen LogP contribution in [0.3, 0.4) is 0 Å². The number of nitrogens with zero attached hydrogens (tertiary/aromatic N) is 1. The molecule has 1 N–H and O–H groups in total. The zero-order valence-electron chi connectivity index (χ0n) is 5.92. The van der Waals surface area contributed by atoms with Crippen LogP contribution in [0.15, 0.2) is 0 Å². The van der Waals surface area contributed by atoms with Crippen molar-refractivity contribution in [1.82, 2.24) is 4.98 Å². The third-order valence-corrected chi connectivity index (χ3v) is 2.04. The Balaban J connectivity index is 2.96. The predicted molar refractivity (Wildman–Crippen MR) is 39.3 cm³/mol. The van der Waals surface area contributed by atoms with Crippen LogP contribution in [0.2, 0.25) is 0 Å². The summed E-state index contributed by atoms with van der Waals surface area (Å²) in [7, 11) is 1.55. The normalized spacial score (nSPS) is 9.90. The summed E-state index contributed by atoms with van der Waals surface area (Å²) in [6.45, 7) is 1.89. The van der Waals surface area contributed by atoms with Crippen LogP contribution in [0, 0.1) is 6.92 Å². The van der Waals surface area contributed by atoms with E-state index in [1.54, 1.807) is 7.11 Å². The second-order valence-electron chi connectivity index (χ2n) is 1.82. The maximum absolute atomic E-state index is 8.75. The van der Waals surface area contributed by atoms with Gasteiger partial charge in [-0.3, -0.25) is 0 Å². The van der Waals surface area contributed by atoms with Gasteiger partial charge in [0.15, 0.2) is 0 Å². The van der Waals surface area contributed by atoms with Crippen molar-refractivity contribution in [2.24, 2.45) is 0 Å². The summed E-state index contributed by atoms with van der Waals surface area (Å²) in [5.41, 5.74) is 0. The first-order valence-electron chi connectivity index (χ1n) is 2.89. The lowest BCUT2D eigenvalue weighted by Crippen LogP contribution is -1.87. The van der Waals surface area contributed by atoms with Crippen LogP contribution in [-0.2, 0) is 6.61 Å². The van der Waals surface area contributed by atoms with Crippen LogP contribution in [0.25, 0.3) is 0 Å². The fraction of sp³-hybridized carbons (Fsp3) is 0.500. The fourth-order valence-electron chi connectivity index (χ4n) is 0.710. The quantitative estimate of drug-likeness (QED) is 0.698. The van der Waals surface area contributed by atoms with Crippen molar-refractivity contribution in [2.45, 2.75) is 13.5 Å². The Morgan fingerprint density at radius 2 is 2.40 bits per heavy atom. The van der Waals surface area contributed by atoms with E-state index in [1.165, 1.54) is 11.3 Å². The van der Waals surface area contributed by atoms with E-state index in [2.05, 4.69) is 4.98 Å². The molecule has 0 fully saturated rings. The van der Waals surface area contributed by atoms with Gasteiger partial charge in [-0.05, 0) is 6.92 Å². The van der Waals surface area contributed by atoms with Crippen LogP contribution in [0.5, 0.6) is 5.88 Å². The number of hydrogen-bond acceptors (Lipinski definition) is 4. The van der Waals surface area contributed by atoms with Gasteiger partial charge in [-0.2, -0.15) is 0 Å². The van der Waals surface area contributed by atoms with Gasteiger partial charge in [0, 0.05) is 0 Å². The van der Waals surface area contributed by atoms with E-state index < -0.39 is 0 Å². The zero-order valence-corrected chi connectivity index (χ0v) is 6.73. The molecule has 0 aliphatic heterocycles. The van der Waals surface area contributed by atoms with E-state index in [9.17, 15) is 0 Å². The number of thiazole rings is 1. The third-order valence-electron chi connectivity index (χ3n) is 1.11. The minimum atomic E-state index is 0.00861. The summed E-state index contributed by atoms with van der Waals surface area (Å²) < 4.78 is 4.90. The van der Waals surface area contributed by atoms with E-state index in [0.29, 0.717) is 5.88 Å². The van der Waals surface area contributed by atoms with Crippen LogP contribution in [0.1, 0.15) is 9.88 Å². The molecule has 0 amide bonds. The molecule has 1 rings (SSSR count). The van der Waals surface area contributed by atoms with E-state index in [0.717, 1.165) is 9.88 Å². The monoisotopic (exact) mass is 159 g/mol. The molecule has 1 heterocycles. The topological polar surface area (TPSA) is 42.4 Å². The number of hydrogen-bond donors (Lipinski definition) is 1. The second-order valence-corrected chi connectivity index (χ2v) is 3.11. The first-order chi connectivity index (χ1) is 4.77. The number of aliphatic hydroxyl groups is 1. The fourth-order valence-corrected chi connectivity index (χ4v) is 1.48. The lowest BCUT2D eigenvalue weighted by Gasteiger charge is -1.93. The molecular formula is C6H9NO2S. The number of aliphatic hydroxyl groups excluding tert-OH is 1. The molecule has 0 radical (unpaired) electrons. The molecule has 1 aromatic rings. The van der Waals surface area contributed by atoms with Gasteiger partial charge in [0.1, 0.15) is 0 Å². The van der Waals surface area contributed by atoms with Crippen molar-refractivity contribution in [3.05, 3.63) is 9.88 Å². The van der Waals surface area contributed by atoms with Gasteiger partial charge in [-0.1, -0.05) is 0 Å². The SMILES string of the molecule is COc1nc(C)sc1CO. The van der Waals surface area contributed by atoms with Crippen LogP contribution in [-0.4, -0.2) is 17.2 Å². The lowest BCUT2D eigenvalue weighted by molar-refractivity contribution is 0.276. The molecule has 0 aromatic carbocycles. The molecule has 3 nitrogen and oxygen atoms in total. The molecule has 0 bridgehead atoms. The van der Waals surface area contributed by atoms with Crippen molar-refractivity contribution >= 4 is 11.3 Å². The standard InChI is InChI=1S/C6H9NO2S/c1-4-7-6(9-2)5(3-8)10-4/h8H,3H2,1-2H3. The highest BCUT2D eigenvalue weighted by molar-refractivity contribution is 7.11. The summed E-state index contributed by atoms with van der Waals surface area (Å²) in [5, 5.41) is 9.67. The molecule has 0 saturated heterocycles. The zero-order chi connectivity index (χ0) is 7.56.